The Balaban J connectivity index is 1.64. The monoisotopic (exact) mass is 392 g/mol. The normalized spacial score (nSPS) is 11.9. The maximum Gasteiger partial charge on any atom is 0.417 e. The number of nitrogens with zero attached hydrogens (tertiary/aromatic N) is 4. The highest BCUT2D eigenvalue weighted by atomic mass is 32.1. The molecule has 0 saturated heterocycles. The van der Waals surface area contributed by atoms with Gasteiger partial charge in [-0.3, -0.25) is 10.1 Å². The zero-order chi connectivity index (χ0) is 19.2. The maximum atomic E-state index is 13.2. The molecule has 7 nitrogen and oxygen atoms in total. The molecule has 11 heteroatoms. The minimum absolute atomic E-state index is 0.0415. The third-order valence-electron chi connectivity index (χ3n) is 3.84. The van der Waals surface area contributed by atoms with E-state index in [9.17, 15) is 18.0 Å². The van der Waals surface area contributed by atoms with E-state index in [0.29, 0.717) is 21.2 Å². The number of aromatic amines is 1. The number of amides is 1. The molecule has 3 heterocycles. The number of carbonyl (C=O) groups excluding carboxylic acids is 1. The molecule has 1 amide bonds. The van der Waals surface area contributed by atoms with Crippen LogP contribution < -0.4 is 5.32 Å². The molecule has 0 spiro atoms. The summed E-state index contributed by atoms with van der Waals surface area (Å²) in [6.45, 7) is 0. The minimum Gasteiger partial charge on any atom is -0.338 e. The molecule has 138 valence electrons. The fourth-order valence-corrected chi connectivity index (χ4v) is 3.49. The number of carbonyl (C=O) groups is 1. The first-order valence-electron chi connectivity index (χ1n) is 7.64. The number of alkyl halides is 3. The van der Waals surface area contributed by atoms with Crippen LogP contribution in [0.15, 0.2) is 36.7 Å². The van der Waals surface area contributed by atoms with Crippen LogP contribution in [-0.4, -0.2) is 30.6 Å². The van der Waals surface area contributed by atoms with Gasteiger partial charge in [0, 0.05) is 18.3 Å². The molecule has 4 rings (SSSR count). The molecule has 1 aromatic carbocycles. The van der Waals surface area contributed by atoms with Gasteiger partial charge in [-0.1, -0.05) is 29.5 Å². The summed E-state index contributed by atoms with van der Waals surface area (Å²) in [6, 6.07) is 6.89. The Bertz CT molecular complexity index is 1110. The summed E-state index contributed by atoms with van der Waals surface area (Å²) in [5.41, 5.74) is 0.0117. The molecule has 0 aliphatic rings. The molecule has 0 atom stereocenters. The number of halogens is 3. The van der Waals surface area contributed by atoms with Gasteiger partial charge in [0.15, 0.2) is 10.8 Å². The number of rotatable bonds is 3. The van der Waals surface area contributed by atoms with E-state index in [1.165, 1.54) is 23.1 Å². The Morgan fingerprint density at radius 2 is 2.07 bits per heavy atom. The van der Waals surface area contributed by atoms with E-state index in [0.717, 1.165) is 17.4 Å². The molecule has 0 bridgehead atoms. The highest BCUT2D eigenvalue weighted by Gasteiger charge is 2.33. The Morgan fingerprint density at radius 1 is 1.30 bits per heavy atom. The second kappa shape index (κ2) is 6.20. The van der Waals surface area contributed by atoms with Gasteiger partial charge in [0.05, 0.1) is 10.3 Å². The van der Waals surface area contributed by atoms with Crippen molar-refractivity contribution in [3.63, 3.8) is 0 Å². The highest BCUT2D eigenvalue weighted by molar-refractivity contribution is 7.22. The lowest BCUT2D eigenvalue weighted by molar-refractivity contribution is -0.137. The van der Waals surface area contributed by atoms with E-state index in [2.05, 4.69) is 25.4 Å². The number of anilines is 1. The zero-order valence-corrected chi connectivity index (χ0v) is 14.5. The van der Waals surface area contributed by atoms with Crippen LogP contribution in [0.5, 0.6) is 0 Å². The van der Waals surface area contributed by atoms with Crippen molar-refractivity contribution in [2.75, 3.05) is 5.32 Å². The first-order valence-corrected chi connectivity index (χ1v) is 8.46. The van der Waals surface area contributed by atoms with Crippen LogP contribution in [0.4, 0.5) is 18.3 Å². The van der Waals surface area contributed by atoms with E-state index in [1.807, 2.05) is 0 Å². The molecule has 0 saturated carbocycles. The molecule has 0 aliphatic carbocycles. The Labute approximate surface area is 153 Å². The number of hydrogen-bond donors (Lipinski definition) is 2. The summed E-state index contributed by atoms with van der Waals surface area (Å²) in [7, 11) is 1.58. The number of thiazole rings is 1. The summed E-state index contributed by atoms with van der Waals surface area (Å²) >= 11 is 1.14. The Morgan fingerprint density at radius 3 is 2.74 bits per heavy atom. The van der Waals surface area contributed by atoms with Gasteiger partial charge in [-0.25, -0.2) is 14.6 Å². The van der Waals surface area contributed by atoms with Crippen molar-refractivity contribution in [1.82, 2.24) is 24.7 Å². The first kappa shape index (κ1) is 17.2. The summed E-state index contributed by atoms with van der Waals surface area (Å²) in [5, 5.41) is 6.72. The van der Waals surface area contributed by atoms with Gasteiger partial charge in [0.2, 0.25) is 5.82 Å². The number of benzene rings is 1. The van der Waals surface area contributed by atoms with Crippen LogP contribution in [-0.2, 0) is 13.2 Å². The summed E-state index contributed by atoms with van der Waals surface area (Å²) < 4.78 is 41.5. The third-order valence-corrected chi connectivity index (χ3v) is 4.76. The van der Waals surface area contributed by atoms with Crippen LogP contribution >= 0.6 is 11.3 Å². The van der Waals surface area contributed by atoms with Crippen LogP contribution in [0.2, 0.25) is 0 Å². The topological polar surface area (TPSA) is 88.5 Å². The van der Waals surface area contributed by atoms with E-state index in [-0.39, 0.29) is 11.4 Å². The van der Waals surface area contributed by atoms with Gasteiger partial charge >= 0.3 is 6.18 Å². The SMILES string of the molecule is Cn1ncnc1C(=O)Nc1nc2[nH]c(-c3ccccc3C(F)(F)F)cc2s1. The number of aryl methyl sites for hydroxylation is 1. The van der Waals surface area contributed by atoms with Crippen molar-refractivity contribution in [3.8, 4) is 11.3 Å². The van der Waals surface area contributed by atoms with E-state index >= 15 is 0 Å². The number of hydrogen-bond acceptors (Lipinski definition) is 5. The van der Waals surface area contributed by atoms with E-state index in [1.54, 1.807) is 19.2 Å². The Hall–Kier alpha value is -3.21. The summed E-state index contributed by atoms with van der Waals surface area (Å²) in [5.74, 6) is -0.359. The van der Waals surface area contributed by atoms with Gasteiger partial charge in [-0.05, 0) is 12.1 Å². The zero-order valence-electron chi connectivity index (χ0n) is 13.7. The number of nitrogens with one attached hydrogen (secondary N) is 2. The Kier molecular flexibility index (Phi) is 3.95. The second-order valence-electron chi connectivity index (χ2n) is 5.62. The van der Waals surface area contributed by atoms with E-state index in [4.69, 9.17) is 0 Å². The average molecular weight is 392 g/mol. The summed E-state index contributed by atoms with van der Waals surface area (Å²) in [4.78, 5) is 23.1. The van der Waals surface area contributed by atoms with Crippen LogP contribution in [0.1, 0.15) is 16.2 Å². The van der Waals surface area contributed by atoms with Gasteiger partial charge in [0.25, 0.3) is 5.91 Å². The molecule has 3 aromatic heterocycles. The fraction of sp³-hybridized carbons (Fsp3) is 0.125. The van der Waals surface area contributed by atoms with Crippen LogP contribution in [0.3, 0.4) is 0 Å². The fourth-order valence-electron chi connectivity index (χ4n) is 2.63. The number of fused-ring (bicyclic) bond motifs is 1. The summed E-state index contributed by atoms with van der Waals surface area (Å²) in [6.07, 6.45) is -3.21. The lowest BCUT2D eigenvalue weighted by Gasteiger charge is -2.11. The molecule has 0 aliphatic heterocycles. The third kappa shape index (κ3) is 3.16. The molecular weight excluding hydrogens is 381 g/mol. The van der Waals surface area contributed by atoms with Gasteiger partial charge in [-0.15, -0.1) is 0 Å². The number of aromatic nitrogens is 5. The van der Waals surface area contributed by atoms with Crippen molar-refractivity contribution in [2.45, 2.75) is 6.18 Å². The standard InChI is InChI=1S/C16H11F3N6OS/c1-25-13(20-7-21-25)14(26)24-15-23-12-11(27-15)6-10(22-12)8-4-2-3-5-9(8)16(17,18)19/h2-7,22H,1H3,(H,23,24,26). The van der Waals surface area contributed by atoms with E-state index < -0.39 is 17.6 Å². The smallest absolute Gasteiger partial charge is 0.338 e. The molecule has 0 fully saturated rings. The van der Waals surface area contributed by atoms with Crippen molar-refractivity contribution >= 4 is 32.7 Å². The van der Waals surface area contributed by atoms with Crippen molar-refractivity contribution in [1.29, 1.82) is 0 Å². The second-order valence-corrected chi connectivity index (χ2v) is 6.65. The van der Waals surface area contributed by atoms with Gasteiger partial charge in [-0.2, -0.15) is 18.3 Å². The lowest BCUT2D eigenvalue weighted by atomic mass is 10.0. The minimum atomic E-state index is -4.46. The largest absolute Gasteiger partial charge is 0.417 e. The maximum absolute atomic E-state index is 13.2. The molecular formula is C16H11F3N6OS. The molecule has 0 radical (unpaired) electrons. The van der Waals surface area contributed by atoms with Crippen LogP contribution in [0.25, 0.3) is 21.6 Å². The average Bonchev–Trinajstić information content (AvgIpc) is 3.28. The van der Waals surface area contributed by atoms with Gasteiger partial charge in [0.1, 0.15) is 6.33 Å². The molecule has 0 unspecified atom stereocenters. The van der Waals surface area contributed by atoms with Crippen LogP contribution in [0, 0.1) is 0 Å². The van der Waals surface area contributed by atoms with Crippen molar-refractivity contribution < 1.29 is 18.0 Å². The molecule has 4 aromatic rings. The predicted molar refractivity (Wildman–Crippen MR) is 93.4 cm³/mol. The van der Waals surface area contributed by atoms with Gasteiger partial charge < -0.3 is 4.98 Å². The lowest BCUT2D eigenvalue weighted by Crippen LogP contribution is -2.17. The first-order chi connectivity index (χ1) is 12.8. The van der Waals surface area contributed by atoms with Crippen molar-refractivity contribution in [3.05, 3.63) is 48.0 Å². The quantitative estimate of drug-likeness (QED) is 0.557. The van der Waals surface area contributed by atoms with Crippen molar-refractivity contribution in [2.24, 2.45) is 7.05 Å². The molecule has 27 heavy (non-hydrogen) atoms. The highest BCUT2D eigenvalue weighted by Crippen LogP contribution is 2.38. The molecule has 2 N–H and O–H groups in total. The number of H-pyrrole nitrogens is 1. The predicted octanol–water partition coefficient (Wildman–Crippen LogP) is 3.69.